The lowest BCUT2D eigenvalue weighted by Gasteiger charge is -2.26. The summed E-state index contributed by atoms with van der Waals surface area (Å²) >= 11 is 0. The minimum absolute atomic E-state index is 0.112. The number of amides is 2. The molecule has 1 aromatic heterocycles. The van der Waals surface area contributed by atoms with E-state index in [1.54, 1.807) is 11.1 Å². The average molecular weight is 313 g/mol. The second kappa shape index (κ2) is 7.17. The molecule has 0 saturated carbocycles. The second-order valence-corrected chi connectivity index (χ2v) is 5.76. The van der Waals surface area contributed by atoms with E-state index in [2.05, 4.69) is 27.8 Å². The molecule has 0 unspecified atom stereocenters. The molecule has 3 rings (SSSR count). The molecular weight excluding hydrogens is 290 g/mol. The van der Waals surface area contributed by atoms with Crippen LogP contribution in [0.2, 0.25) is 0 Å². The second-order valence-electron chi connectivity index (χ2n) is 5.76. The SMILES string of the molecule is CCCCNc1ccc(NC(=O)N2CCCc3n[nH]cc32)cc1. The molecule has 2 aromatic rings. The predicted octanol–water partition coefficient (Wildman–Crippen LogP) is 3.61. The highest BCUT2D eigenvalue weighted by molar-refractivity contribution is 6.02. The Labute approximate surface area is 136 Å². The van der Waals surface area contributed by atoms with E-state index >= 15 is 0 Å². The normalized spacial score (nSPS) is 13.5. The zero-order valence-electron chi connectivity index (χ0n) is 13.4. The molecule has 0 saturated heterocycles. The summed E-state index contributed by atoms with van der Waals surface area (Å²) in [6.07, 6.45) is 5.97. The van der Waals surface area contributed by atoms with Gasteiger partial charge in [0.25, 0.3) is 0 Å². The van der Waals surface area contributed by atoms with Crippen LogP contribution in [0.1, 0.15) is 31.9 Å². The summed E-state index contributed by atoms with van der Waals surface area (Å²) < 4.78 is 0. The Balaban J connectivity index is 1.60. The van der Waals surface area contributed by atoms with Crippen LogP contribution in [0, 0.1) is 0 Å². The van der Waals surface area contributed by atoms with Crippen LogP contribution in [-0.4, -0.2) is 29.3 Å². The molecule has 6 nitrogen and oxygen atoms in total. The highest BCUT2D eigenvalue weighted by Crippen LogP contribution is 2.25. The summed E-state index contributed by atoms with van der Waals surface area (Å²) in [5, 5.41) is 13.3. The van der Waals surface area contributed by atoms with Gasteiger partial charge >= 0.3 is 6.03 Å². The van der Waals surface area contributed by atoms with Gasteiger partial charge in [-0.05, 0) is 43.5 Å². The monoisotopic (exact) mass is 313 g/mol. The van der Waals surface area contributed by atoms with Crippen LogP contribution >= 0.6 is 0 Å². The summed E-state index contributed by atoms with van der Waals surface area (Å²) in [5.74, 6) is 0. The van der Waals surface area contributed by atoms with Gasteiger partial charge in [-0.15, -0.1) is 0 Å². The average Bonchev–Trinajstić information content (AvgIpc) is 3.05. The van der Waals surface area contributed by atoms with Gasteiger partial charge in [-0.2, -0.15) is 5.10 Å². The van der Waals surface area contributed by atoms with Crippen molar-refractivity contribution < 1.29 is 4.79 Å². The van der Waals surface area contributed by atoms with E-state index in [9.17, 15) is 4.79 Å². The standard InChI is InChI=1S/C17H23N5O/c1-2-3-10-18-13-6-8-14(9-7-13)20-17(23)22-11-4-5-15-16(22)12-19-21-15/h6-9,12,18H,2-5,10-11H2,1H3,(H,19,21)(H,20,23). The number of rotatable bonds is 5. The number of aryl methyl sites for hydroxylation is 1. The zero-order chi connectivity index (χ0) is 16.1. The first kappa shape index (κ1) is 15.4. The van der Waals surface area contributed by atoms with E-state index in [4.69, 9.17) is 0 Å². The Hall–Kier alpha value is -2.50. The van der Waals surface area contributed by atoms with Gasteiger partial charge in [0.2, 0.25) is 0 Å². The van der Waals surface area contributed by atoms with E-state index in [0.29, 0.717) is 0 Å². The van der Waals surface area contributed by atoms with Gasteiger partial charge < -0.3 is 10.6 Å². The molecule has 0 spiro atoms. The van der Waals surface area contributed by atoms with E-state index < -0.39 is 0 Å². The fraction of sp³-hybridized carbons (Fsp3) is 0.412. The van der Waals surface area contributed by atoms with Crippen molar-refractivity contribution in [3.63, 3.8) is 0 Å². The number of hydrogen-bond acceptors (Lipinski definition) is 3. The van der Waals surface area contributed by atoms with Gasteiger partial charge in [0.05, 0.1) is 11.4 Å². The van der Waals surface area contributed by atoms with Crippen LogP contribution in [0.15, 0.2) is 30.5 Å². The molecule has 1 aliphatic rings. The number of fused-ring (bicyclic) bond motifs is 1. The number of carbonyl (C=O) groups excluding carboxylic acids is 1. The molecule has 122 valence electrons. The van der Waals surface area contributed by atoms with Crippen molar-refractivity contribution in [3.05, 3.63) is 36.2 Å². The Morgan fingerprint density at radius 1 is 1.30 bits per heavy atom. The van der Waals surface area contributed by atoms with Crippen LogP contribution in [0.3, 0.4) is 0 Å². The number of nitrogens with zero attached hydrogens (tertiary/aromatic N) is 2. The van der Waals surface area contributed by atoms with Crippen molar-refractivity contribution in [2.45, 2.75) is 32.6 Å². The maximum Gasteiger partial charge on any atom is 0.326 e. The van der Waals surface area contributed by atoms with Crippen LogP contribution in [0.5, 0.6) is 0 Å². The fourth-order valence-electron chi connectivity index (χ4n) is 2.74. The summed E-state index contributed by atoms with van der Waals surface area (Å²) in [4.78, 5) is 14.2. The quantitative estimate of drug-likeness (QED) is 0.738. The number of aromatic amines is 1. The molecule has 6 heteroatoms. The fourth-order valence-corrected chi connectivity index (χ4v) is 2.74. The van der Waals surface area contributed by atoms with Gasteiger partial charge in [0, 0.05) is 30.7 Å². The van der Waals surface area contributed by atoms with Crippen molar-refractivity contribution in [1.29, 1.82) is 0 Å². The first-order valence-corrected chi connectivity index (χ1v) is 8.23. The predicted molar refractivity (Wildman–Crippen MR) is 93.1 cm³/mol. The number of benzene rings is 1. The van der Waals surface area contributed by atoms with E-state index in [1.807, 2.05) is 24.3 Å². The van der Waals surface area contributed by atoms with E-state index in [1.165, 1.54) is 6.42 Å². The third kappa shape index (κ3) is 3.64. The number of urea groups is 1. The summed E-state index contributed by atoms with van der Waals surface area (Å²) in [6, 6.07) is 7.72. The van der Waals surface area contributed by atoms with Crippen molar-refractivity contribution >= 4 is 23.1 Å². The molecule has 2 heterocycles. The first-order valence-electron chi connectivity index (χ1n) is 8.23. The molecule has 0 aliphatic carbocycles. The number of unbranched alkanes of at least 4 members (excludes halogenated alkanes) is 1. The van der Waals surface area contributed by atoms with Crippen molar-refractivity contribution in [3.8, 4) is 0 Å². The smallest absolute Gasteiger partial charge is 0.326 e. The minimum atomic E-state index is -0.112. The summed E-state index contributed by atoms with van der Waals surface area (Å²) in [5.41, 5.74) is 3.71. The third-order valence-electron chi connectivity index (χ3n) is 4.02. The molecule has 0 bridgehead atoms. The number of carbonyl (C=O) groups is 1. The highest BCUT2D eigenvalue weighted by atomic mass is 16.2. The van der Waals surface area contributed by atoms with E-state index in [-0.39, 0.29) is 6.03 Å². The topological polar surface area (TPSA) is 73.0 Å². The molecule has 0 fully saturated rings. The van der Waals surface area contributed by atoms with Gasteiger partial charge in [0.1, 0.15) is 0 Å². The first-order chi connectivity index (χ1) is 11.3. The van der Waals surface area contributed by atoms with Crippen LogP contribution < -0.4 is 15.5 Å². The van der Waals surface area contributed by atoms with Crippen LogP contribution in [0.25, 0.3) is 0 Å². The maximum atomic E-state index is 12.5. The lowest BCUT2D eigenvalue weighted by atomic mass is 10.1. The van der Waals surface area contributed by atoms with Gasteiger partial charge in [-0.1, -0.05) is 13.3 Å². The molecule has 0 atom stereocenters. The van der Waals surface area contributed by atoms with Crippen molar-refractivity contribution in [2.24, 2.45) is 0 Å². The minimum Gasteiger partial charge on any atom is -0.385 e. The maximum absolute atomic E-state index is 12.5. The molecule has 23 heavy (non-hydrogen) atoms. The van der Waals surface area contributed by atoms with Crippen LogP contribution in [-0.2, 0) is 6.42 Å². The highest BCUT2D eigenvalue weighted by Gasteiger charge is 2.24. The number of hydrogen-bond donors (Lipinski definition) is 3. The number of anilines is 3. The Kier molecular flexibility index (Phi) is 4.80. The molecule has 2 amide bonds. The number of nitrogens with one attached hydrogen (secondary N) is 3. The Morgan fingerprint density at radius 3 is 2.87 bits per heavy atom. The van der Waals surface area contributed by atoms with Gasteiger partial charge in [-0.3, -0.25) is 10.00 Å². The lowest BCUT2D eigenvalue weighted by molar-refractivity contribution is 0.256. The van der Waals surface area contributed by atoms with Gasteiger partial charge in [0.15, 0.2) is 0 Å². The zero-order valence-corrected chi connectivity index (χ0v) is 13.4. The number of H-pyrrole nitrogens is 1. The van der Waals surface area contributed by atoms with Crippen molar-refractivity contribution in [2.75, 3.05) is 28.6 Å². The molecule has 1 aromatic carbocycles. The largest absolute Gasteiger partial charge is 0.385 e. The van der Waals surface area contributed by atoms with Crippen molar-refractivity contribution in [1.82, 2.24) is 10.2 Å². The van der Waals surface area contributed by atoms with Gasteiger partial charge in [-0.25, -0.2) is 4.79 Å². The molecular formula is C17H23N5O. The Bertz CT molecular complexity index is 649. The number of aromatic nitrogens is 2. The molecule has 3 N–H and O–H groups in total. The third-order valence-corrected chi connectivity index (χ3v) is 4.02. The molecule has 0 radical (unpaired) electrons. The Morgan fingerprint density at radius 2 is 2.09 bits per heavy atom. The summed E-state index contributed by atoms with van der Waals surface area (Å²) in [6.45, 7) is 3.86. The van der Waals surface area contributed by atoms with E-state index in [0.717, 1.165) is 55.1 Å². The lowest BCUT2D eigenvalue weighted by Crippen LogP contribution is -2.38. The van der Waals surface area contributed by atoms with Crippen LogP contribution in [0.4, 0.5) is 21.9 Å². The summed E-state index contributed by atoms with van der Waals surface area (Å²) in [7, 11) is 0. The molecule has 1 aliphatic heterocycles.